The maximum Gasteiger partial charge on any atom is 0.335 e. The Hall–Kier alpha value is -2.63. The molecule has 98 valence electrons. The van der Waals surface area contributed by atoms with Crippen LogP contribution in [0, 0.1) is 11.6 Å². The Labute approximate surface area is 107 Å². The second-order valence-corrected chi connectivity index (χ2v) is 3.73. The zero-order chi connectivity index (χ0) is 14.0. The van der Waals surface area contributed by atoms with Crippen LogP contribution < -0.4 is 10.5 Å². The van der Waals surface area contributed by atoms with Crippen molar-refractivity contribution in [3.05, 3.63) is 53.6 Å². The van der Waals surface area contributed by atoms with E-state index in [1.165, 1.54) is 18.2 Å². The van der Waals surface area contributed by atoms with Gasteiger partial charge in [-0.15, -0.1) is 0 Å². The third kappa shape index (κ3) is 2.79. The molecule has 0 fully saturated rings. The Morgan fingerprint density at radius 3 is 2.37 bits per heavy atom. The van der Waals surface area contributed by atoms with Gasteiger partial charge < -0.3 is 15.6 Å². The van der Waals surface area contributed by atoms with Crippen molar-refractivity contribution in [2.24, 2.45) is 0 Å². The van der Waals surface area contributed by atoms with Crippen molar-refractivity contribution in [1.82, 2.24) is 0 Å². The molecule has 0 radical (unpaired) electrons. The summed E-state index contributed by atoms with van der Waals surface area (Å²) < 4.78 is 31.3. The van der Waals surface area contributed by atoms with Gasteiger partial charge in [-0.2, -0.15) is 0 Å². The fourth-order valence-corrected chi connectivity index (χ4v) is 1.45. The number of rotatable bonds is 3. The van der Waals surface area contributed by atoms with Crippen LogP contribution in [0.15, 0.2) is 36.4 Å². The van der Waals surface area contributed by atoms with Gasteiger partial charge in [0.2, 0.25) is 0 Å². The van der Waals surface area contributed by atoms with E-state index in [0.717, 1.165) is 12.1 Å². The van der Waals surface area contributed by atoms with E-state index in [9.17, 15) is 13.6 Å². The van der Waals surface area contributed by atoms with Crippen LogP contribution >= 0.6 is 0 Å². The summed E-state index contributed by atoms with van der Waals surface area (Å²) in [6.07, 6.45) is 0. The Kier molecular flexibility index (Phi) is 3.33. The highest BCUT2D eigenvalue weighted by Gasteiger charge is 2.10. The molecule has 19 heavy (non-hydrogen) atoms. The van der Waals surface area contributed by atoms with Crippen molar-refractivity contribution in [3.8, 4) is 11.5 Å². The average molecular weight is 265 g/mol. The van der Waals surface area contributed by atoms with Gasteiger partial charge in [-0.05, 0) is 30.3 Å². The normalized spacial score (nSPS) is 10.2. The maximum absolute atomic E-state index is 13.4. The van der Waals surface area contributed by atoms with Gasteiger partial charge in [-0.25, -0.2) is 13.6 Å². The first-order valence-electron chi connectivity index (χ1n) is 5.23. The van der Waals surface area contributed by atoms with Crippen LogP contribution in [0.3, 0.4) is 0 Å². The van der Waals surface area contributed by atoms with Gasteiger partial charge in [0, 0.05) is 6.07 Å². The Morgan fingerprint density at radius 2 is 1.79 bits per heavy atom. The number of benzene rings is 2. The van der Waals surface area contributed by atoms with Gasteiger partial charge in [-0.1, -0.05) is 0 Å². The lowest BCUT2D eigenvalue weighted by Crippen LogP contribution is -2.00. The molecule has 0 heterocycles. The minimum Gasteiger partial charge on any atom is -0.478 e. The van der Waals surface area contributed by atoms with Crippen LogP contribution in [-0.4, -0.2) is 11.1 Å². The fraction of sp³-hybridized carbons (Fsp3) is 0. The number of carboxylic acids is 1. The van der Waals surface area contributed by atoms with E-state index in [1.54, 1.807) is 0 Å². The molecule has 0 saturated carbocycles. The standard InChI is InChI=1S/C13H9F2NO3/c14-8-2-4-11(9(15)6-8)19-12-3-1-7(13(17)18)5-10(12)16/h1-6H,16H2,(H,17,18). The number of hydrogen-bond acceptors (Lipinski definition) is 3. The summed E-state index contributed by atoms with van der Waals surface area (Å²) in [4.78, 5) is 10.7. The smallest absolute Gasteiger partial charge is 0.335 e. The van der Waals surface area contributed by atoms with Gasteiger partial charge >= 0.3 is 5.97 Å². The number of carbonyl (C=O) groups is 1. The molecule has 0 bridgehead atoms. The monoisotopic (exact) mass is 265 g/mol. The number of hydrogen-bond donors (Lipinski definition) is 2. The van der Waals surface area contributed by atoms with Crippen molar-refractivity contribution >= 4 is 11.7 Å². The molecule has 2 aromatic carbocycles. The molecular formula is C13H9F2NO3. The Balaban J connectivity index is 2.31. The molecule has 0 amide bonds. The van der Waals surface area contributed by atoms with Gasteiger partial charge in [-0.3, -0.25) is 0 Å². The molecule has 6 heteroatoms. The summed E-state index contributed by atoms with van der Waals surface area (Å²) in [5.74, 6) is -2.83. The van der Waals surface area contributed by atoms with E-state index < -0.39 is 17.6 Å². The molecule has 0 aromatic heterocycles. The number of halogens is 2. The summed E-state index contributed by atoms with van der Waals surface area (Å²) in [6.45, 7) is 0. The van der Waals surface area contributed by atoms with Crippen molar-refractivity contribution in [2.75, 3.05) is 5.73 Å². The third-order valence-corrected chi connectivity index (χ3v) is 2.37. The number of anilines is 1. The molecule has 0 aliphatic heterocycles. The van der Waals surface area contributed by atoms with E-state index in [2.05, 4.69) is 0 Å². The minimum absolute atomic E-state index is 0.00979. The number of nitrogens with two attached hydrogens (primary N) is 1. The second-order valence-electron chi connectivity index (χ2n) is 3.73. The highest BCUT2D eigenvalue weighted by Crippen LogP contribution is 2.30. The molecule has 0 spiro atoms. The van der Waals surface area contributed by atoms with Gasteiger partial charge in [0.05, 0.1) is 11.3 Å². The summed E-state index contributed by atoms with van der Waals surface area (Å²) in [5.41, 5.74) is 5.64. The molecule has 2 rings (SSSR count). The quantitative estimate of drug-likeness (QED) is 0.836. The number of carboxylic acid groups (broad SMARTS) is 1. The lowest BCUT2D eigenvalue weighted by molar-refractivity contribution is 0.0697. The Morgan fingerprint density at radius 1 is 1.11 bits per heavy atom. The van der Waals surface area contributed by atoms with Crippen molar-refractivity contribution in [2.45, 2.75) is 0 Å². The lowest BCUT2D eigenvalue weighted by Gasteiger charge is -2.09. The molecule has 0 aliphatic rings. The maximum atomic E-state index is 13.4. The molecule has 4 nitrogen and oxygen atoms in total. The topological polar surface area (TPSA) is 72.6 Å². The average Bonchev–Trinajstić information content (AvgIpc) is 2.34. The summed E-state index contributed by atoms with van der Waals surface area (Å²) in [7, 11) is 0. The predicted octanol–water partition coefficient (Wildman–Crippen LogP) is 3.04. The zero-order valence-corrected chi connectivity index (χ0v) is 9.56. The van der Waals surface area contributed by atoms with Crippen LogP contribution in [0.5, 0.6) is 11.5 Å². The SMILES string of the molecule is Nc1cc(C(=O)O)ccc1Oc1ccc(F)cc1F. The van der Waals surface area contributed by atoms with Crippen molar-refractivity contribution in [3.63, 3.8) is 0 Å². The van der Waals surface area contributed by atoms with Crippen molar-refractivity contribution < 1.29 is 23.4 Å². The Bertz CT molecular complexity index is 644. The number of ether oxygens (including phenoxy) is 1. The number of aromatic carboxylic acids is 1. The minimum atomic E-state index is -1.13. The summed E-state index contributed by atoms with van der Waals surface area (Å²) >= 11 is 0. The van der Waals surface area contributed by atoms with E-state index in [1.807, 2.05) is 0 Å². The van der Waals surface area contributed by atoms with Gasteiger partial charge in [0.25, 0.3) is 0 Å². The third-order valence-electron chi connectivity index (χ3n) is 2.37. The molecular weight excluding hydrogens is 256 g/mol. The van der Waals surface area contributed by atoms with E-state index >= 15 is 0 Å². The highest BCUT2D eigenvalue weighted by atomic mass is 19.1. The van der Waals surface area contributed by atoms with Crippen LogP contribution in [0.1, 0.15) is 10.4 Å². The van der Waals surface area contributed by atoms with Gasteiger partial charge in [0.1, 0.15) is 5.82 Å². The summed E-state index contributed by atoms with van der Waals surface area (Å²) in [6, 6.07) is 6.61. The van der Waals surface area contributed by atoms with Crippen LogP contribution in [0.4, 0.5) is 14.5 Å². The molecule has 0 saturated heterocycles. The molecule has 3 N–H and O–H groups in total. The fourth-order valence-electron chi connectivity index (χ4n) is 1.45. The van der Waals surface area contributed by atoms with Crippen LogP contribution in [-0.2, 0) is 0 Å². The largest absolute Gasteiger partial charge is 0.478 e. The molecule has 0 atom stereocenters. The lowest BCUT2D eigenvalue weighted by atomic mass is 10.2. The highest BCUT2D eigenvalue weighted by molar-refractivity contribution is 5.89. The zero-order valence-electron chi connectivity index (χ0n) is 9.56. The van der Waals surface area contributed by atoms with Crippen LogP contribution in [0.25, 0.3) is 0 Å². The number of nitrogen functional groups attached to an aromatic ring is 1. The van der Waals surface area contributed by atoms with Crippen molar-refractivity contribution in [1.29, 1.82) is 0 Å². The first-order chi connectivity index (χ1) is 8.97. The molecule has 0 unspecified atom stereocenters. The first kappa shape index (κ1) is 12.8. The molecule has 0 aliphatic carbocycles. The first-order valence-corrected chi connectivity index (χ1v) is 5.23. The molecule has 2 aromatic rings. The van der Waals surface area contributed by atoms with E-state index in [0.29, 0.717) is 6.07 Å². The second kappa shape index (κ2) is 4.93. The predicted molar refractivity (Wildman–Crippen MR) is 64.2 cm³/mol. The van der Waals surface area contributed by atoms with Gasteiger partial charge in [0.15, 0.2) is 17.3 Å². The van der Waals surface area contributed by atoms with Crippen LogP contribution in [0.2, 0.25) is 0 Å². The van der Waals surface area contributed by atoms with E-state index in [-0.39, 0.29) is 22.7 Å². The summed E-state index contributed by atoms with van der Waals surface area (Å²) in [5, 5.41) is 8.77. The van der Waals surface area contributed by atoms with E-state index in [4.69, 9.17) is 15.6 Å².